The standard InChI is InChI=1S/C21H20ClN3O2/c1-16-11-19(4-5-20(16)22)27-15-21(26)25(13-17-6-9-23-10-7-17)14-18-3-2-8-24-12-18/h2-12H,13-15H2,1H3. The summed E-state index contributed by atoms with van der Waals surface area (Å²) in [6.45, 7) is 2.78. The van der Waals surface area contributed by atoms with Crippen LogP contribution in [-0.4, -0.2) is 27.4 Å². The zero-order chi connectivity index (χ0) is 19.1. The molecule has 6 heteroatoms. The molecule has 1 aromatic carbocycles. The van der Waals surface area contributed by atoms with Crippen LogP contribution in [0.2, 0.25) is 5.02 Å². The van der Waals surface area contributed by atoms with Crippen LogP contribution in [-0.2, 0) is 17.9 Å². The molecule has 2 heterocycles. The van der Waals surface area contributed by atoms with Crippen molar-refractivity contribution in [3.8, 4) is 5.75 Å². The highest BCUT2D eigenvalue weighted by molar-refractivity contribution is 6.31. The van der Waals surface area contributed by atoms with E-state index in [1.165, 1.54) is 0 Å². The van der Waals surface area contributed by atoms with Crippen molar-refractivity contribution in [3.05, 3.63) is 89.0 Å². The Morgan fingerprint density at radius 2 is 1.81 bits per heavy atom. The Balaban J connectivity index is 1.70. The van der Waals surface area contributed by atoms with Crippen LogP contribution in [0.1, 0.15) is 16.7 Å². The fraction of sp³-hybridized carbons (Fsp3) is 0.190. The van der Waals surface area contributed by atoms with Crippen molar-refractivity contribution in [1.82, 2.24) is 14.9 Å². The van der Waals surface area contributed by atoms with Crippen molar-refractivity contribution in [3.63, 3.8) is 0 Å². The third-order valence-corrected chi connectivity index (χ3v) is 4.49. The van der Waals surface area contributed by atoms with Gasteiger partial charge in [-0.25, -0.2) is 0 Å². The monoisotopic (exact) mass is 381 g/mol. The number of hydrogen-bond acceptors (Lipinski definition) is 4. The van der Waals surface area contributed by atoms with E-state index in [0.29, 0.717) is 23.9 Å². The van der Waals surface area contributed by atoms with E-state index in [4.69, 9.17) is 16.3 Å². The molecule has 0 radical (unpaired) electrons. The van der Waals surface area contributed by atoms with Crippen LogP contribution in [0.4, 0.5) is 0 Å². The van der Waals surface area contributed by atoms with Crippen LogP contribution in [0.25, 0.3) is 0 Å². The number of benzene rings is 1. The van der Waals surface area contributed by atoms with Crippen molar-refractivity contribution in [2.75, 3.05) is 6.61 Å². The molecule has 3 aromatic rings. The molecular formula is C21H20ClN3O2. The topological polar surface area (TPSA) is 55.3 Å². The number of aromatic nitrogens is 2. The summed E-state index contributed by atoms with van der Waals surface area (Å²) in [7, 11) is 0. The highest BCUT2D eigenvalue weighted by Gasteiger charge is 2.16. The predicted molar refractivity (Wildman–Crippen MR) is 104 cm³/mol. The number of ether oxygens (including phenoxy) is 1. The highest BCUT2D eigenvalue weighted by atomic mass is 35.5. The molecular weight excluding hydrogens is 362 g/mol. The largest absolute Gasteiger partial charge is 0.484 e. The van der Waals surface area contributed by atoms with E-state index >= 15 is 0 Å². The number of pyridine rings is 2. The van der Waals surface area contributed by atoms with Gasteiger partial charge in [0.05, 0.1) is 0 Å². The molecule has 138 valence electrons. The Hall–Kier alpha value is -2.92. The Morgan fingerprint density at radius 3 is 2.52 bits per heavy atom. The molecule has 2 aromatic heterocycles. The third kappa shape index (κ3) is 5.53. The fourth-order valence-electron chi connectivity index (χ4n) is 2.60. The molecule has 0 unspecified atom stereocenters. The Morgan fingerprint density at radius 1 is 1.04 bits per heavy atom. The SMILES string of the molecule is Cc1cc(OCC(=O)N(Cc2ccncc2)Cc2cccnc2)ccc1Cl. The third-order valence-electron chi connectivity index (χ3n) is 4.06. The van der Waals surface area contributed by atoms with Crippen molar-refractivity contribution in [1.29, 1.82) is 0 Å². The maximum Gasteiger partial charge on any atom is 0.261 e. The van der Waals surface area contributed by atoms with Gasteiger partial charge in [-0.15, -0.1) is 0 Å². The maximum absolute atomic E-state index is 12.8. The average molecular weight is 382 g/mol. The molecule has 27 heavy (non-hydrogen) atoms. The van der Waals surface area contributed by atoms with Gasteiger partial charge in [-0.05, 0) is 60.0 Å². The molecule has 0 spiro atoms. The van der Waals surface area contributed by atoms with Crippen molar-refractivity contribution in [2.45, 2.75) is 20.0 Å². The minimum absolute atomic E-state index is 0.0492. The second-order valence-corrected chi connectivity index (χ2v) is 6.57. The minimum atomic E-state index is -0.108. The lowest BCUT2D eigenvalue weighted by molar-refractivity contribution is -0.134. The van der Waals surface area contributed by atoms with E-state index in [9.17, 15) is 4.79 Å². The molecule has 3 rings (SSSR count). The summed E-state index contributed by atoms with van der Waals surface area (Å²) in [5.74, 6) is 0.513. The number of rotatable bonds is 7. The average Bonchev–Trinajstić information content (AvgIpc) is 2.70. The van der Waals surface area contributed by atoms with E-state index in [1.807, 2.05) is 37.3 Å². The molecule has 0 aliphatic carbocycles. The minimum Gasteiger partial charge on any atom is -0.484 e. The first-order valence-electron chi connectivity index (χ1n) is 8.56. The summed E-state index contributed by atoms with van der Waals surface area (Å²) < 4.78 is 5.68. The van der Waals surface area contributed by atoms with Crippen molar-refractivity contribution in [2.24, 2.45) is 0 Å². The number of carbonyl (C=O) groups excluding carboxylic acids is 1. The van der Waals surface area contributed by atoms with E-state index in [0.717, 1.165) is 16.7 Å². The van der Waals surface area contributed by atoms with E-state index < -0.39 is 0 Å². The number of amides is 1. The fourth-order valence-corrected chi connectivity index (χ4v) is 2.71. The molecule has 0 N–H and O–H groups in total. The molecule has 0 fully saturated rings. The normalized spacial score (nSPS) is 10.4. The summed E-state index contributed by atoms with van der Waals surface area (Å²) >= 11 is 6.03. The molecule has 0 aliphatic heterocycles. The first-order valence-corrected chi connectivity index (χ1v) is 8.94. The summed E-state index contributed by atoms with van der Waals surface area (Å²) in [6.07, 6.45) is 6.91. The van der Waals surface area contributed by atoms with Crippen LogP contribution in [0.5, 0.6) is 5.75 Å². The van der Waals surface area contributed by atoms with Crippen LogP contribution >= 0.6 is 11.6 Å². The van der Waals surface area contributed by atoms with E-state index in [-0.39, 0.29) is 12.5 Å². The van der Waals surface area contributed by atoms with E-state index in [1.54, 1.807) is 41.8 Å². The van der Waals surface area contributed by atoms with E-state index in [2.05, 4.69) is 9.97 Å². The lowest BCUT2D eigenvalue weighted by atomic mass is 10.2. The van der Waals surface area contributed by atoms with Crippen LogP contribution in [0, 0.1) is 6.92 Å². The zero-order valence-corrected chi connectivity index (χ0v) is 15.8. The van der Waals surface area contributed by atoms with Crippen molar-refractivity contribution < 1.29 is 9.53 Å². The van der Waals surface area contributed by atoms with Gasteiger partial charge in [-0.1, -0.05) is 17.7 Å². The molecule has 0 atom stereocenters. The summed E-state index contributed by atoms with van der Waals surface area (Å²) in [6, 6.07) is 12.9. The summed E-state index contributed by atoms with van der Waals surface area (Å²) in [5.41, 5.74) is 2.87. The molecule has 0 bridgehead atoms. The maximum atomic E-state index is 12.8. The lowest BCUT2D eigenvalue weighted by Crippen LogP contribution is -2.34. The Bertz CT molecular complexity index is 847. The summed E-state index contributed by atoms with van der Waals surface area (Å²) in [5, 5.41) is 0.671. The van der Waals surface area contributed by atoms with Gasteiger partial charge < -0.3 is 9.64 Å². The number of aryl methyl sites for hydroxylation is 1. The van der Waals surface area contributed by atoms with Crippen LogP contribution in [0.15, 0.2) is 67.3 Å². The van der Waals surface area contributed by atoms with Gasteiger partial charge in [0.1, 0.15) is 5.75 Å². The first kappa shape index (κ1) is 18.9. The molecule has 0 saturated heterocycles. The van der Waals surface area contributed by atoms with Gasteiger partial charge in [0.2, 0.25) is 0 Å². The molecule has 1 amide bonds. The van der Waals surface area contributed by atoms with Gasteiger partial charge in [-0.2, -0.15) is 0 Å². The second-order valence-electron chi connectivity index (χ2n) is 6.17. The van der Waals surface area contributed by atoms with Gasteiger partial charge in [0.15, 0.2) is 6.61 Å². The van der Waals surface area contributed by atoms with Crippen LogP contribution < -0.4 is 4.74 Å². The zero-order valence-electron chi connectivity index (χ0n) is 15.0. The molecule has 0 saturated carbocycles. The number of halogens is 1. The van der Waals surface area contributed by atoms with Crippen molar-refractivity contribution >= 4 is 17.5 Å². The predicted octanol–water partition coefficient (Wildman–Crippen LogP) is 4.05. The number of nitrogens with zero attached hydrogens (tertiary/aromatic N) is 3. The van der Waals surface area contributed by atoms with Gasteiger partial charge >= 0.3 is 0 Å². The van der Waals surface area contributed by atoms with Gasteiger partial charge in [0.25, 0.3) is 5.91 Å². The Labute approximate surface area is 163 Å². The first-order chi connectivity index (χ1) is 13.1. The lowest BCUT2D eigenvalue weighted by Gasteiger charge is -2.23. The number of hydrogen-bond donors (Lipinski definition) is 0. The van der Waals surface area contributed by atoms with Crippen LogP contribution in [0.3, 0.4) is 0 Å². The highest BCUT2D eigenvalue weighted by Crippen LogP contribution is 2.21. The quantitative estimate of drug-likeness (QED) is 0.619. The smallest absolute Gasteiger partial charge is 0.261 e. The second kappa shape index (κ2) is 9.14. The molecule has 0 aliphatic rings. The Kier molecular flexibility index (Phi) is 6.39. The summed E-state index contributed by atoms with van der Waals surface area (Å²) in [4.78, 5) is 22.7. The van der Waals surface area contributed by atoms with Gasteiger partial charge in [-0.3, -0.25) is 14.8 Å². The molecule has 5 nitrogen and oxygen atoms in total. The van der Waals surface area contributed by atoms with Gasteiger partial charge in [0, 0.05) is 42.9 Å². The number of carbonyl (C=O) groups is 1.